The van der Waals surface area contributed by atoms with E-state index < -0.39 is 0 Å². The molecular formula is C8H19N. The van der Waals surface area contributed by atoms with Crippen LogP contribution in [-0.4, -0.2) is 13.1 Å². The highest BCUT2D eigenvalue weighted by molar-refractivity contribution is 4.80. The summed E-state index contributed by atoms with van der Waals surface area (Å²) in [6.07, 6.45) is 1.36. The van der Waals surface area contributed by atoms with Crippen LogP contribution in [0, 0.1) is 11.3 Å². The molecular weight excluding hydrogens is 110 g/mol. The summed E-state index contributed by atoms with van der Waals surface area (Å²) in [5.74, 6) is 0.900. The average Bonchev–Trinajstić information content (AvgIpc) is 2.08. The Kier molecular flexibility index (Phi) is 1.80. The number of rotatable bonds is 0. The van der Waals surface area contributed by atoms with Crippen molar-refractivity contribution in [3.05, 3.63) is 0 Å². The Balaban J connectivity index is 0.000000810. The summed E-state index contributed by atoms with van der Waals surface area (Å²) in [5.41, 5.74) is 0.517. The van der Waals surface area contributed by atoms with Crippen molar-refractivity contribution in [2.75, 3.05) is 13.1 Å². The molecule has 56 valence electrons. The average molecular weight is 129 g/mol. The standard InChI is InChI=1S/C8H17N.H2/c1-8(2,3)7-4-5-9-6-7;/h7,9H,4-6H2,1-3H3;1H. The molecule has 1 atom stereocenters. The Hall–Kier alpha value is -0.0400. The van der Waals surface area contributed by atoms with E-state index in [-0.39, 0.29) is 1.43 Å². The summed E-state index contributed by atoms with van der Waals surface area (Å²) in [5, 5.41) is 3.38. The molecule has 1 saturated heterocycles. The lowest BCUT2D eigenvalue weighted by atomic mass is 9.80. The monoisotopic (exact) mass is 129 g/mol. The van der Waals surface area contributed by atoms with Crippen molar-refractivity contribution in [2.45, 2.75) is 27.2 Å². The van der Waals surface area contributed by atoms with Gasteiger partial charge in [-0.2, -0.15) is 0 Å². The van der Waals surface area contributed by atoms with E-state index in [0.717, 1.165) is 5.92 Å². The maximum absolute atomic E-state index is 3.38. The third kappa shape index (κ3) is 1.68. The predicted molar refractivity (Wildman–Crippen MR) is 42.5 cm³/mol. The zero-order valence-corrected chi connectivity index (χ0v) is 6.70. The molecule has 1 heteroatoms. The van der Waals surface area contributed by atoms with Crippen LogP contribution in [0.15, 0.2) is 0 Å². The molecule has 1 rings (SSSR count). The molecule has 1 nitrogen and oxygen atoms in total. The van der Waals surface area contributed by atoms with Crippen LogP contribution in [0.1, 0.15) is 28.6 Å². The first-order valence-corrected chi connectivity index (χ1v) is 3.81. The molecule has 1 unspecified atom stereocenters. The lowest BCUT2D eigenvalue weighted by molar-refractivity contribution is 0.261. The van der Waals surface area contributed by atoms with Crippen LogP contribution in [-0.2, 0) is 0 Å². The van der Waals surface area contributed by atoms with E-state index in [9.17, 15) is 0 Å². The number of nitrogens with one attached hydrogen (secondary N) is 1. The van der Waals surface area contributed by atoms with Crippen LogP contribution in [0.3, 0.4) is 0 Å². The molecule has 0 aromatic rings. The van der Waals surface area contributed by atoms with Gasteiger partial charge in [0.2, 0.25) is 0 Å². The molecule has 1 N–H and O–H groups in total. The van der Waals surface area contributed by atoms with Crippen molar-refractivity contribution in [3.63, 3.8) is 0 Å². The Morgan fingerprint density at radius 1 is 1.44 bits per heavy atom. The zero-order valence-electron chi connectivity index (χ0n) is 6.70. The van der Waals surface area contributed by atoms with Crippen LogP contribution in [0.25, 0.3) is 0 Å². The van der Waals surface area contributed by atoms with Gasteiger partial charge in [0.15, 0.2) is 0 Å². The van der Waals surface area contributed by atoms with Crippen molar-refractivity contribution >= 4 is 0 Å². The second-order valence-corrected chi connectivity index (χ2v) is 4.06. The second kappa shape index (κ2) is 2.30. The fourth-order valence-electron chi connectivity index (χ4n) is 1.39. The van der Waals surface area contributed by atoms with E-state index in [4.69, 9.17) is 0 Å². The molecule has 0 bridgehead atoms. The minimum absolute atomic E-state index is 0. The third-order valence-electron chi connectivity index (χ3n) is 2.29. The lowest BCUT2D eigenvalue weighted by Crippen LogP contribution is -2.22. The normalized spacial score (nSPS) is 29.0. The van der Waals surface area contributed by atoms with Gasteiger partial charge in [0, 0.05) is 1.43 Å². The van der Waals surface area contributed by atoms with E-state index in [1.807, 2.05) is 0 Å². The molecule has 0 amide bonds. The fourth-order valence-corrected chi connectivity index (χ4v) is 1.39. The lowest BCUT2D eigenvalue weighted by Gasteiger charge is -2.25. The first-order valence-electron chi connectivity index (χ1n) is 3.81. The highest BCUT2D eigenvalue weighted by Crippen LogP contribution is 2.29. The Morgan fingerprint density at radius 2 is 2.11 bits per heavy atom. The topological polar surface area (TPSA) is 12.0 Å². The minimum Gasteiger partial charge on any atom is -0.316 e. The van der Waals surface area contributed by atoms with Crippen LogP contribution < -0.4 is 5.32 Å². The molecule has 0 aromatic heterocycles. The van der Waals surface area contributed by atoms with E-state index in [0.29, 0.717) is 5.41 Å². The first-order chi connectivity index (χ1) is 4.11. The molecule has 1 aliphatic rings. The third-order valence-corrected chi connectivity index (χ3v) is 2.29. The predicted octanol–water partition coefficient (Wildman–Crippen LogP) is 1.89. The zero-order chi connectivity index (χ0) is 6.91. The van der Waals surface area contributed by atoms with Crippen molar-refractivity contribution in [1.82, 2.24) is 5.32 Å². The fraction of sp³-hybridized carbons (Fsp3) is 1.00. The molecule has 1 heterocycles. The highest BCUT2D eigenvalue weighted by atomic mass is 14.9. The van der Waals surface area contributed by atoms with Crippen LogP contribution >= 0.6 is 0 Å². The summed E-state index contributed by atoms with van der Waals surface area (Å²) in [6.45, 7) is 9.42. The Bertz CT molecular complexity index is 89.9. The Morgan fingerprint density at radius 3 is 2.33 bits per heavy atom. The van der Waals surface area contributed by atoms with Crippen LogP contribution in [0.5, 0.6) is 0 Å². The number of hydrogen-bond donors (Lipinski definition) is 1. The first kappa shape index (κ1) is 7.07. The van der Waals surface area contributed by atoms with Gasteiger partial charge in [-0.1, -0.05) is 20.8 Å². The maximum Gasteiger partial charge on any atom is 0 e. The SMILES string of the molecule is CC(C)(C)C1CCNC1.[HH]. The summed E-state index contributed by atoms with van der Waals surface area (Å²) < 4.78 is 0. The molecule has 9 heavy (non-hydrogen) atoms. The summed E-state index contributed by atoms with van der Waals surface area (Å²) in [6, 6.07) is 0. The second-order valence-electron chi connectivity index (χ2n) is 4.06. The quantitative estimate of drug-likeness (QED) is 0.526. The van der Waals surface area contributed by atoms with Gasteiger partial charge in [-0.15, -0.1) is 0 Å². The smallest absolute Gasteiger partial charge is 0 e. The van der Waals surface area contributed by atoms with Gasteiger partial charge in [-0.05, 0) is 30.8 Å². The molecule has 0 aliphatic carbocycles. The number of hydrogen-bond acceptors (Lipinski definition) is 1. The van der Waals surface area contributed by atoms with Gasteiger partial charge in [0.1, 0.15) is 0 Å². The van der Waals surface area contributed by atoms with Crippen LogP contribution in [0.4, 0.5) is 0 Å². The van der Waals surface area contributed by atoms with Gasteiger partial charge in [0.25, 0.3) is 0 Å². The molecule has 1 aliphatic heterocycles. The largest absolute Gasteiger partial charge is 0.316 e. The highest BCUT2D eigenvalue weighted by Gasteiger charge is 2.26. The van der Waals surface area contributed by atoms with Gasteiger partial charge in [-0.3, -0.25) is 0 Å². The van der Waals surface area contributed by atoms with Gasteiger partial charge in [-0.25, -0.2) is 0 Å². The van der Waals surface area contributed by atoms with Crippen molar-refractivity contribution < 1.29 is 1.43 Å². The molecule has 0 aromatic carbocycles. The summed E-state index contributed by atoms with van der Waals surface area (Å²) >= 11 is 0. The molecule has 0 saturated carbocycles. The Labute approximate surface area is 59.3 Å². The minimum atomic E-state index is 0. The van der Waals surface area contributed by atoms with E-state index in [2.05, 4.69) is 26.1 Å². The van der Waals surface area contributed by atoms with E-state index >= 15 is 0 Å². The molecule has 0 spiro atoms. The van der Waals surface area contributed by atoms with Crippen molar-refractivity contribution in [2.24, 2.45) is 11.3 Å². The van der Waals surface area contributed by atoms with Gasteiger partial charge >= 0.3 is 0 Å². The van der Waals surface area contributed by atoms with Gasteiger partial charge < -0.3 is 5.32 Å². The van der Waals surface area contributed by atoms with Crippen LogP contribution in [0.2, 0.25) is 0 Å². The van der Waals surface area contributed by atoms with Crippen molar-refractivity contribution in [1.29, 1.82) is 0 Å². The molecule has 0 radical (unpaired) electrons. The maximum atomic E-state index is 3.38. The van der Waals surface area contributed by atoms with E-state index in [1.54, 1.807) is 0 Å². The summed E-state index contributed by atoms with van der Waals surface area (Å²) in [7, 11) is 0. The molecule has 1 fully saturated rings. The summed E-state index contributed by atoms with van der Waals surface area (Å²) in [4.78, 5) is 0. The van der Waals surface area contributed by atoms with Crippen molar-refractivity contribution in [3.8, 4) is 0 Å². The van der Waals surface area contributed by atoms with E-state index in [1.165, 1.54) is 19.5 Å². The van der Waals surface area contributed by atoms with Gasteiger partial charge in [0.05, 0.1) is 0 Å².